The van der Waals surface area contributed by atoms with E-state index < -0.39 is 35.2 Å². The van der Waals surface area contributed by atoms with Crippen molar-refractivity contribution < 1.29 is 125 Å². The van der Waals surface area contributed by atoms with Crippen molar-refractivity contribution in [3.63, 3.8) is 0 Å². The summed E-state index contributed by atoms with van der Waals surface area (Å²) in [7, 11) is 0. The Morgan fingerprint density at radius 3 is 1.53 bits per heavy atom. The van der Waals surface area contributed by atoms with Crippen LogP contribution in [0.2, 0.25) is 0 Å². The standard InChI is InChI=1S/C13H15NO5.C9H11NO4.C4H5ClO.CH2O3.2Na.H/c1-7(2)12(17)14-9(13(18)19)5-8-3-4-10(15)11(16)6-8;10-6(9(13)14)3-5-1-2-7(11)8(12)4-5;1-3(2)4(5)6;2-1-4-3;;;/h3-4,6,9,15-16H,1,5H2,2H3,(H,14,17)(H,18,19);1-2,4,6,11-12H,3,10H2,(H,13,14);1H2,2H3;1,3H;;;/q;;;;2*+1;-1/p-1. The van der Waals surface area contributed by atoms with Gasteiger partial charge < -0.3 is 53.3 Å². The Kier molecular flexibility index (Phi) is 28.3. The van der Waals surface area contributed by atoms with E-state index in [-0.39, 0.29) is 108 Å². The normalized spacial score (nSPS) is 10.2. The zero-order chi connectivity index (χ0) is 33.9. The van der Waals surface area contributed by atoms with Crippen molar-refractivity contribution in [3.05, 3.63) is 71.8 Å². The third-order valence-corrected chi connectivity index (χ3v) is 4.98. The van der Waals surface area contributed by atoms with Gasteiger partial charge in [0.15, 0.2) is 23.0 Å². The number of aliphatic carboxylic acids is 2. The fourth-order valence-electron chi connectivity index (χ4n) is 2.45. The number of nitrogens with one attached hydrogen (secondary N) is 1. The molecule has 0 spiro atoms. The van der Waals surface area contributed by atoms with E-state index in [4.69, 9.17) is 52.9 Å². The molecule has 238 valence electrons. The van der Waals surface area contributed by atoms with Gasteiger partial charge in [0.05, 0.1) is 0 Å². The smallest absolute Gasteiger partial charge is 1.00 e. The molecule has 0 aliphatic heterocycles. The molecule has 9 N–H and O–H groups in total. The van der Waals surface area contributed by atoms with Crippen LogP contribution in [0.3, 0.4) is 0 Å². The van der Waals surface area contributed by atoms with Crippen molar-refractivity contribution in [2.45, 2.75) is 38.8 Å². The number of carbonyl (C=O) groups is 5. The molecule has 0 aliphatic rings. The van der Waals surface area contributed by atoms with Gasteiger partial charge in [0, 0.05) is 17.6 Å². The maximum atomic E-state index is 11.4. The van der Waals surface area contributed by atoms with Crippen LogP contribution >= 0.6 is 11.6 Å². The van der Waals surface area contributed by atoms with E-state index in [1.54, 1.807) is 6.92 Å². The molecular formula is C27H33ClN2Na2O13. The van der Waals surface area contributed by atoms with Crippen LogP contribution in [0.4, 0.5) is 0 Å². The first-order valence-electron chi connectivity index (χ1n) is 11.6. The first-order chi connectivity index (χ1) is 19.9. The first kappa shape index (κ1) is 48.8. The average Bonchev–Trinajstić information content (AvgIpc) is 2.92. The number of hydrogen-bond donors (Lipinski definition) is 8. The van der Waals surface area contributed by atoms with Crippen LogP contribution in [0.1, 0.15) is 26.4 Å². The second-order valence-electron chi connectivity index (χ2n) is 8.39. The number of hydrogen-bond acceptors (Lipinski definition) is 12. The van der Waals surface area contributed by atoms with E-state index in [0.717, 1.165) is 0 Å². The maximum Gasteiger partial charge on any atom is 1.00 e. The monoisotopic (exact) mass is 674 g/mol. The van der Waals surface area contributed by atoms with Crippen LogP contribution in [0, 0.1) is 0 Å². The summed E-state index contributed by atoms with van der Waals surface area (Å²) in [6.07, 6.45) is 0.103. The molecule has 0 fully saturated rings. The summed E-state index contributed by atoms with van der Waals surface area (Å²) in [6, 6.07) is 5.93. The fraction of sp³-hybridized carbons (Fsp3) is 0.222. The quantitative estimate of drug-likeness (QED) is 0.0222. The molecule has 2 rings (SSSR count). The summed E-state index contributed by atoms with van der Waals surface area (Å²) in [5.74, 6) is -3.98. The molecule has 1 amide bonds. The van der Waals surface area contributed by atoms with E-state index in [1.165, 1.54) is 43.3 Å². The topological polar surface area (TPSA) is 277 Å². The molecule has 2 unspecified atom stereocenters. The van der Waals surface area contributed by atoms with Gasteiger partial charge in [0.25, 0.3) is 6.47 Å². The third kappa shape index (κ3) is 23.0. The number of amides is 1. The Balaban J connectivity index is -0.000000183. The van der Waals surface area contributed by atoms with Gasteiger partial charge in [-0.15, -0.1) is 0 Å². The summed E-state index contributed by atoms with van der Waals surface area (Å²) < 4.78 is 0. The third-order valence-electron chi connectivity index (χ3n) is 4.66. The average molecular weight is 675 g/mol. The molecular weight excluding hydrogens is 642 g/mol. The molecule has 15 nitrogen and oxygen atoms in total. The van der Waals surface area contributed by atoms with Gasteiger partial charge in [0.1, 0.15) is 12.1 Å². The Morgan fingerprint density at radius 1 is 0.889 bits per heavy atom. The molecule has 0 aromatic heterocycles. The maximum absolute atomic E-state index is 11.4. The van der Waals surface area contributed by atoms with Crippen molar-refractivity contribution >= 4 is 41.2 Å². The Bertz CT molecular complexity index is 1300. The van der Waals surface area contributed by atoms with E-state index in [9.17, 15) is 24.3 Å². The Hall–Kier alpha value is -3.12. The number of halogens is 1. The SMILES string of the molecule is C=C(C)C(=O)Cl.C=C(C)C(=O)NC(Cc1ccc(O)c(O)c1)C(=O)O.NC(Cc1ccc(O)c(O)c1)C(=O)O.O=CO[O-].[H-].[Na+].[Na+]. The minimum atomic E-state index is -1.19. The molecule has 0 saturated carbocycles. The zero-order valence-electron chi connectivity index (χ0n) is 26.0. The number of aromatic hydroxyl groups is 4. The van der Waals surface area contributed by atoms with E-state index in [2.05, 4.69) is 23.4 Å². The van der Waals surface area contributed by atoms with Gasteiger partial charge in [-0.2, -0.15) is 0 Å². The molecule has 2 atom stereocenters. The summed E-state index contributed by atoms with van der Waals surface area (Å²) >= 11 is 4.87. The minimum absolute atomic E-state index is 0. The van der Waals surface area contributed by atoms with Crippen LogP contribution in [0.5, 0.6) is 23.0 Å². The van der Waals surface area contributed by atoms with Crippen LogP contribution < -0.4 is 75.4 Å². The molecule has 0 radical (unpaired) electrons. The number of phenols is 4. The summed E-state index contributed by atoms with van der Waals surface area (Å²) in [4.78, 5) is 53.9. The molecule has 2 aromatic rings. The van der Waals surface area contributed by atoms with E-state index in [0.29, 0.717) is 16.7 Å². The molecule has 0 bridgehead atoms. The number of nitrogens with two attached hydrogens (primary N) is 1. The Labute approximate surface area is 309 Å². The largest absolute Gasteiger partial charge is 1.00 e. The van der Waals surface area contributed by atoms with Crippen molar-refractivity contribution in [2.24, 2.45) is 5.73 Å². The summed E-state index contributed by atoms with van der Waals surface area (Å²) in [5, 5.41) is 64.4. The van der Waals surface area contributed by atoms with Crippen LogP contribution in [0.15, 0.2) is 60.7 Å². The summed E-state index contributed by atoms with van der Waals surface area (Å²) in [5.41, 5.74) is 6.93. The van der Waals surface area contributed by atoms with Crippen LogP contribution in [0.25, 0.3) is 0 Å². The Morgan fingerprint density at radius 2 is 1.27 bits per heavy atom. The molecule has 2 aromatic carbocycles. The van der Waals surface area contributed by atoms with Gasteiger partial charge in [-0.25, -0.2) is 4.79 Å². The van der Waals surface area contributed by atoms with Crippen molar-refractivity contribution in [2.75, 3.05) is 0 Å². The number of carbonyl (C=O) groups excluding carboxylic acids is 3. The second-order valence-corrected chi connectivity index (χ2v) is 8.73. The number of carboxylic acids is 2. The van der Waals surface area contributed by atoms with E-state index in [1.807, 2.05) is 0 Å². The molecule has 45 heavy (non-hydrogen) atoms. The fourth-order valence-corrected chi connectivity index (χ4v) is 2.45. The van der Waals surface area contributed by atoms with Gasteiger partial charge in [0.2, 0.25) is 11.1 Å². The van der Waals surface area contributed by atoms with Gasteiger partial charge >= 0.3 is 71.1 Å². The van der Waals surface area contributed by atoms with Crippen LogP contribution in [-0.2, 0) is 41.7 Å². The number of allylic oxidation sites excluding steroid dienone is 1. The number of rotatable bonds is 10. The zero-order valence-corrected chi connectivity index (χ0v) is 29.8. The van der Waals surface area contributed by atoms with Crippen molar-refractivity contribution in [1.82, 2.24) is 5.32 Å². The predicted octanol–water partition coefficient (Wildman–Crippen LogP) is -5.28. The van der Waals surface area contributed by atoms with Crippen LogP contribution in [-0.4, -0.2) is 72.3 Å². The number of carboxylic acid groups (broad SMARTS) is 2. The second kappa shape index (κ2) is 26.1. The summed E-state index contributed by atoms with van der Waals surface area (Å²) in [6.45, 7) is 9.55. The molecule has 18 heteroatoms. The van der Waals surface area contributed by atoms with Gasteiger partial charge in [-0.1, -0.05) is 25.3 Å². The molecule has 0 heterocycles. The van der Waals surface area contributed by atoms with E-state index >= 15 is 0 Å². The number of benzene rings is 2. The van der Waals surface area contributed by atoms with Gasteiger partial charge in [-0.3, -0.25) is 19.2 Å². The number of phenolic OH excluding ortho intramolecular Hbond substituents is 4. The van der Waals surface area contributed by atoms with Gasteiger partial charge in [-0.05, 0) is 67.3 Å². The molecule has 0 saturated heterocycles. The molecule has 0 aliphatic carbocycles. The minimum Gasteiger partial charge on any atom is -1.00 e. The van der Waals surface area contributed by atoms with Crippen molar-refractivity contribution in [3.8, 4) is 23.0 Å². The first-order valence-corrected chi connectivity index (χ1v) is 12.0. The predicted molar refractivity (Wildman–Crippen MR) is 151 cm³/mol. The van der Waals surface area contributed by atoms with Crippen molar-refractivity contribution in [1.29, 1.82) is 0 Å².